The van der Waals surface area contributed by atoms with E-state index < -0.39 is 0 Å². The lowest BCUT2D eigenvalue weighted by Crippen LogP contribution is -2.34. The summed E-state index contributed by atoms with van der Waals surface area (Å²) in [4.78, 5) is 13.2. The quantitative estimate of drug-likeness (QED) is 0.438. The third-order valence-electron chi connectivity index (χ3n) is 4.93. The third kappa shape index (κ3) is 4.47. The Morgan fingerprint density at radius 3 is 2.48 bits per heavy atom. The highest BCUT2D eigenvalue weighted by atomic mass is 32.1. The monoisotopic (exact) mass is 450 g/mol. The number of anilines is 1. The Morgan fingerprint density at radius 2 is 1.84 bits per heavy atom. The molecule has 31 heavy (non-hydrogen) atoms. The third-order valence-corrected chi connectivity index (χ3v) is 6.09. The Hall–Kier alpha value is -3.17. The number of hydrogen-bond acceptors (Lipinski definition) is 6. The molecular weight excluding hydrogens is 428 g/mol. The van der Waals surface area contributed by atoms with E-state index in [-0.39, 0.29) is 11.0 Å². The van der Waals surface area contributed by atoms with Gasteiger partial charge in [0.05, 0.1) is 0 Å². The molecule has 0 aliphatic rings. The zero-order valence-electron chi connectivity index (χ0n) is 17.6. The van der Waals surface area contributed by atoms with Gasteiger partial charge in [-0.2, -0.15) is 9.61 Å². The first kappa shape index (κ1) is 21.1. The van der Waals surface area contributed by atoms with E-state index >= 15 is 0 Å². The van der Waals surface area contributed by atoms with E-state index in [1.54, 1.807) is 4.52 Å². The number of rotatable bonds is 4. The summed E-state index contributed by atoms with van der Waals surface area (Å²) in [6.45, 7) is 8.08. The average molecular weight is 451 g/mol. The molecule has 0 saturated heterocycles. The Bertz CT molecular complexity index is 1270. The smallest absolute Gasteiger partial charge is 0.257 e. The highest BCUT2D eigenvalue weighted by Crippen LogP contribution is 2.28. The second-order valence-corrected chi connectivity index (χ2v) is 8.93. The minimum Gasteiger partial charge on any atom is -0.332 e. The van der Waals surface area contributed by atoms with E-state index in [1.165, 1.54) is 16.9 Å². The van der Waals surface area contributed by atoms with Crippen LogP contribution >= 0.6 is 23.6 Å². The Kier molecular flexibility index (Phi) is 5.79. The van der Waals surface area contributed by atoms with Crippen LogP contribution < -0.4 is 10.6 Å². The highest BCUT2D eigenvalue weighted by Gasteiger charge is 2.13. The minimum atomic E-state index is -0.239. The van der Waals surface area contributed by atoms with E-state index in [1.807, 2.05) is 56.3 Å². The molecule has 0 bridgehead atoms. The molecule has 0 unspecified atom stereocenters. The van der Waals surface area contributed by atoms with Crippen LogP contribution in [0.3, 0.4) is 0 Å². The van der Waals surface area contributed by atoms with Crippen molar-refractivity contribution in [3.63, 3.8) is 0 Å². The number of aryl methyl sites for hydroxylation is 2. The van der Waals surface area contributed by atoms with Gasteiger partial charge in [-0.1, -0.05) is 37.3 Å². The van der Waals surface area contributed by atoms with Gasteiger partial charge in [0.15, 0.2) is 10.9 Å². The molecule has 2 heterocycles. The van der Waals surface area contributed by atoms with Crippen molar-refractivity contribution in [2.75, 3.05) is 5.32 Å². The molecule has 4 rings (SSSR count). The average Bonchev–Trinajstić information content (AvgIpc) is 3.31. The van der Waals surface area contributed by atoms with Crippen LogP contribution in [0.15, 0.2) is 42.5 Å². The number of aromatic nitrogens is 4. The summed E-state index contributed by atoms with van der Waals surface area (Å²) in [7, 11) is 0. The first-order valence-corrected chi connectivity index (χ1v) is 11.1. The van der Waals surface area contributed by atoms with Crippen LogP contribution in [0.1, 0.15) is 47.1 Å². The van der Waals surface area contributed by atoms with Gasteiger partial charge in [-0.05, 0) is 73.4 Å². The number of carbonyl (C=O) groups is 1. The van der Waals surface area contributed by atoms with Crippen molar-refractivity contribution in [2.24, 2.45) is 0 Å². The molecule has 2 aromatic heterocycles. The molecule has 2 aromatic carbocycles. The molecule has 0 aliphatic heterocycles. The standard InChI is InChI=1S/C22H22N6OS2/c1-12(2)15-5-7-16(8-6-15)19(29)24-21(30)23-18-10-9-17(11-13(18)3)20-27-28-14(4)25-26-22(28)31-20/h5-12H,1-4H3,(H2,23,24,29,30). The number of carbonyl (C=O) groups excluding carboxylic acids is 1. The van der Waals surface area contributed by atoms with E-state index in [0.717, 1.165) is 32.6 Å². The second kappa shape index (κ2) is 8.52. The van der Waals surface area contributed by atoms with Crippen molar-refractivity contribution >= 4 is 45.2 Å². The molecule has 0 radical (unpaired) electrons. The van der Waals surface area contributed by atoms with Crippen LogP contribution in [0.5, 0.6) is 0 Å². The first-order valence-electron chi connectivity index (χ1n) is 9.84. The molecular formula is C22H22N6OS2. The predicted octanol–water partition coefficient (Wildman–Crippen LogP) is 4.72. The summed E-state index contributed by atoms with van der Waals surface area (Å²) < 4.78 is 1.74. The molecule has 4 aromatic rings. The van der Waals surface area contributed by atoms with E-state index in [2.05, 4.69) is 39.8 Å². The normalized spacial score (nSPS) is 11.1. The van der Waals surface area contributed by atoms with Gasteiger partial charge in [0, 0.05) is 16.8 Å². The van der Waals surface area contributed by atoms with Gasteiger partial charge < -0.3 is 5.32 Å². The van der Waals surface area contributed by atoms with Crippen molar-refractivity contribution in [1.82, 2.24) is 25.1 Å². The summed E-state index contributed by atoms with van der Waals surface area (Å²) in [6, 6.07) is 13.5. The van der Waals surface area contributed by atoms with Crippen molar-refractivity contribution in [3.8, 4) is 10.6 Å². The maximum Gasteiger partial charge on any atom is 0.257 e. The summed E-state index contributed by atoms with van der Waals surface area (Å²) in [5, 5.41) is 19.7. The highest BCUT2D eigenvalue weighted by molar-refractivity contribution is 7.80. The van der Waals surface area contributed by atoms with E-state index in [9.17, 15) is 4.79 Å². The lowest BCUT2D eigenvalue weighted by Gasteiger charge is -2.13. The lowest BCUT2D eigenvalue weighted by molar-refractivity contribution is 0.0977. The van der Waals surface area contributed by atoms with Crippen molar-refractivity contribution in [3.05, 3.63) is 65.0 Å². The van der Waals surface area contributed by atoms with Crippen LogP contribution in [-0.4, -0.2) is 30.8 Å². The zero-order chi connectivity index (χ0) is 22.1. The molecule has 1 amide bonds. The summed E-state index contributed by atoms with van der Waals surface area (Å²) in [5.41, 5.74) is 4.55. The summed E-state index contributed by atoms with van der Waals surface area (Å²) in [5.74, 6) is 0.936. The number of nitrogens with one attached hydrogen (secondary N) is 2. The molecule has 0 aliphatic carbocycles. The largest absolute Gasteiger partial charge is 0.332 e. The molecule has 2 N–H and O–H groups in total. The number of hydrogen-bond donors (Lipinski definition) is 2. The Balaban J connectivity index is 1.43. The zero-order valence-corrected chi connectivity index (χ0v) is 19.3. The number of amides is 1. The van der Waals surface area contributed by atoms with Gasteiger partial charge in [-0.25, -0.2) is 0 Å². The number of benzene rings is 2. The SMILES string of the molecule is Cc1cc(-c2nn3c(C)nnc3s2)ccc1NC(=S)NC(=O)c1ccc(C(C)C)cc1. The Labute approximate surface area is 189 Å². The fourth-order valence-electron chi connectivity index (χ4n) is 3.12. The van der Waals surface area contributed by atoms with Crippen molar-refractivity contribution in [2.45, 2.75) is 33.6 Å². The van der Waals surface area contributed by atoms with Gasteiger partial charge in [0.1, 0.15) is 5.01 Å². The maximum atomic E-state index is 12.5. The molecule has 0 spiro atoms. The van der Waals surface area contributed by atoms with Crippen LogP contribution in [0.4, 0.5) is 5.69 Å². The number of thiocarbonyl (C=S) groups is 1. The number of nitrogens with zero attached hydrogens (tertiary/aromatic N) is 4. The minimum absolute atomic E-state index is 0.239. The molecule has 0 saturated carbocycles. The van der Waals surface area contributed by atoms with Crippen LogP contribution in [0.25, 0.3) is 15.5 Å². The summed E-state index contributed by atoms with van der Waals surface area (Å²) >= 11 is 6.82. The van der Waals surface area contributed by atoms with Crippen LogP contribution in [0.2, 0.25) is 0 Å². The van der Waals surface area contributed by atoms with Crippen LogP contribution in [-0.2, 0) is 0 Å². The van der Waals surface area contributed by atoms with E-state index in [4.69, 9.17) is 12.2 Å². The topological polar surface area (TPSA) is 84.2 Å². The fourth-order valence-corrected chi connectivity index (χ4v) is 4.20. The van der Waals surface area contributed by atoms with E-state index in [0.29, 0.717) is 11.5 Å². The first-order chi connectivity index (χ1) is 14.8. The van der Waals surface area contributed by atoms with Crippen molar-refractivity contribution in [1.29, 1.82) is 0 Å². The molecule has 0 atom stereocenters. The maximum absolute atomic E-state index is 12.5. The fraction of sp³-hybridized carbons (Fsp3) is 0.227. The van der Waals surface area contributed by atoms with Gasteiger partial charge in [-0.15, -0.1) is 10.2 Å². The van der Waals surface area contributed by atoms with Gasteiger partial charge in [-0.3, -0.25) is 10.1 Å². The Morgan fingerprint density at radius 1 is 1.10 bits per heavy atom. The molecule has 0 fully saturated rings. The summed E-state index contributed by atoms with van der Waals surface area (Å²) in [6.07, 6.45) is 0. The van der Waals surface area contributed by atoms with Gasteiger partial charge in [0.25, 0.3) is 5.91 Å². The number of fused-ring (bicyclic) bond motifs is 1. The van der Waals surface area contributed by atoms with Crippen LogP contribution in [0, 0.1) is 13.8 Å². The molecule has 158 valence electrons. The van der Waals surface area contributed by atoms with Gasteiger partial charge in [0.2, 0.25) is 4.96 Å². The van der Waals surface area contributed by atoms with Gasteiger partial charge >= 0.3 is 0 Å². The van der Waals surface area contributed by atoms with Crippen molar-refractivity contribution < 1.29 is 4.79 Å². The molecule has 7 nitrogen and oxygen atoms in total. The second-order valence-electron chi connectivity index (χ2n) is 7.56. The molecule has 9 heteroatoms. The predicted molar refractivity (Wildman–Crippen MR) is 128 cm³/mol. The lowest BCUT2D eigenvalue weighted by atomic mass is 10.0.